The summed E-state index contributed by atoms with van der Waals surface area (Å²) in [5, 5.41) is 20.3. The molecule has 0 aliphatic heterocycles. The molecule has 0 aliphatic rings. The van der Waals surface area contributed by atoms with Crippen molar-refractivity contribution in [3.63, 3.8) is 0 Å². The van der Waals surface area contributed by atoms with Gasteiger partial charge in [-0.2, -0.15) is 5.26 Å². The number of aromatic nitrogens is 1. The third-order valence-electron chi connectivity index (χ3n) is 4.71. The van der Waals surface area contributed by atoms with Crippen molar-refractivity contribution in [2.24, 2.45) is 0 Å². The zero-order chi connectivity index (χ0) is 21.8. The van der Waals surface area contributed by atoms with Gasteiger partial charge in [-0.1, -0.05) is 12.1 Å². The summed E-state index contributed by atoms with van der Waals surface area (Å²) >= 11 is 0. The molecule has 0 saturated carbocycles. The first-order chi connectivity index (χ1) is 14.4. The van der Waals surface area contributed by atoms with E-state index in [1.165, 1.54) is 31.2 Å². The predicted octanol–water partition coefficient (Wildman–Crippen LogP) is 3.55. The highest BCUT2D eigenvalue weighted by Gasteiger charge is 2.25. The van der Waals surface area contributed by atoms with Gasteiger partial charge in [-0.15, -0.1) is 0 Å². The number of nitriles is 1. The highest BCUT2D eigenvalue weighted by Crippen LogP contribution is 2.26. The Kier molecular flexibility index (Phi) is 5.98. The van der Waals surface area contributed by atoms with Crippen LogP contribution in [0.25, 0.3) is 0 Å². The van der Waals surface area contributed by atoms with Crippen LogP contribution in [-0.2, 0) is 6.54 Å². The number of carbonyl (C=O) groups is 1. The molecule has 30 heavy (non-hydrogen) atoms. The Bertz CT molecular complexity index is 1190. The zero-order valence-electron chi connectivity index (χ0n) is 16.5. The number of halogens is 1. The molecule has 0 saturated heterocycles. The van der Waals surface area contributed by atoms with Crippen LogP contribution in [0.2, 0.25) is 0 Å². The first kappa shape index (κ1) is 20.8. The molecule has 152 valence electrons. The molecule has 0 aliphatic carbocycles. The number of hydrogen-bond donors (Lipinski definition) is 1. The summed E-state index contributed by atoms with van der Waals surface area (Å²) in [5.74, 6) is -0.922. The van der Waals surface area contributed by atoms with Crippen molar-refractivity contribution in [1.29, 1.82) is 5.26 Å². The Morgan fingerprint density at radius 3 is 2.37 bits per heavy atom. The first-order valence-corrected chi connectivity index (χ1v) is 9.25. The van der Waals surface area contributed by atoms with Gasteiger partial charge in [0.1, 0.15) is 23.2 Å². The highest BCUT2D eigenvalue weighted by atomic mass is 19.1. The van der Waals surface area contributed by atoms with E-state index in [0.717, 1.165) is 4.57 Å². The van der Waals surface area contributed by atoms with Gasteiger partial charge >= 0.3 is 0 Å². The van der Waals surface area contributed by atoms with Crippen LogP contribution in [0.5, 0.6) is 11.6 Å². The minimum Gasteiger partial charge on any atom is -0.494 e. The number of rotatable bonds is 6. The number of hydrogen-bond acceptors (Lipinski definition) is 5. The summed E-state index contributed by atoms with van der Waals surface area (Å²) in [6.45, 7) is 3.65. The van der Waals surface area contributed by atoms with Crippen LogP contribution < -0.4 is 10.3 Å². The molecule has 6 nitrogen and oxygen atoms in total. The number of nitrogens with zero attached hydrogens (tertiary/aromatic N) is 2. The van der Waals surface area contributed by atoms with Crippen LogP contribution in [0.3, 0.4) is 0 Å². The van der Waals surface area contributed by atoms with Crippen molar-refractivity contribution in [2.45, 2.75) is 20.4 Å². The number of ether oxygens (including phenoxy) is 1. The lowest BCUT2D eigenvalue weighted by Gasteiger charge is -2.16. The summed E-state index contributed by atoms with van der Waals surface area (Å²) in [6.07, 6.45) is 0. The van der Waals surface area contributed by atoms with Crippen LogP contribution in [0.1, 0.15) is 39.5 Å². The maximum absolute atomic E-state index is 13.2. The van der Waals surface area contributed by atoms with Crippen LogP contribution in [-0.4, -0.2) is 22.1 Å². The third-order valence-corrected chi connectivity index (χ3v) is 4.71. The van der Waals surface area contributed by atoms with E-state index in [4.69, 9.17) is 4.74 Å². The second-order valence-electron chi connectivity index (χ2n) is 6.61. The second kappa shape index (κ2) is 8.62. The van der Waals surface area contributed by atoms with Gasteiger partial charge in [0, 0.05) is 5.56 Å². The van der Waals surface area contributed by atoms with Gasteiger partial charge in [0.2, 0.25) is 5.88 Å². The first-order valence-electron chi connectivity index (χ1n) is 9.25. The van der Waals surface area contributed by atoms with Crippen LogP contribution >= 0.6 is 0 Å². The molecule has 0 amide bonds. The summed E-state index contributed by atoms with van der Waals surface area (Å²) < 4.78 is 19.5. The quantitative estimate of drug-likeness (QED) is 0.632. The van der Waals surface area contributed by atoms with Crippen molar-refractivity contribution in [3.05, 3.63) is 92.5 Å². The molecular weight excluding hydrogens is 387 g/mol. The van der Waals surface area contributed by atoms with Crippen molar-refractivity contribution >= 4 is 5.78 Å². The lowest BCUT2D eigenvalue weighted by molar-refractivity contribution is 0.103. The fourth-order valence-corrected chi connectivity index (χ4v) is 3.16. The maximum atomic E-state index is 13.2. The average Bonchev–Trinajstić information content (AvgIpc) is 2.73. The number of benzene rings is 2. The van der Waals surface area contributed by atoms with E-state index < -0.39 is 23.0 Å². The number of aromatic hydroxyl groups is 1. The molecule has 0 fully saturated rings. The molecule has 0 atom stereocenters. The van der Waals surface area contributed by atoms with E-state index >= 15 is 0 Å². The second-order valence-corrected chi connectivity index (χ2v) is 6.61. The largest absolute Gasteiger partial charge is 0.494 e. The summed E-state index contributed by atoms with van der Waals surface area (Å²) in [7, 11) is 0. The number of pyridine rings is 1. The molecule has 3 rings (SSSR count). The van der Waals surface area contributed by atoms with Crippen molar-refractivity contribution in [2.75, 3.05) is 6.61 Å². The monoisotopic (exact) mass is 406 g/mol. The van der Waals surface area contributed by atoms with E-state index in [9.17, 15) is 24.3 Å². The molecular formula is C23H19FN2O4. The van der Waals surface area contributed by atoms with E-state index in [0.29, 0.717) is 17.9 Å². The molecule has 1 aromatic heterocycles. The Hall–Kier alpha value is -3.92. The SMILES string of the molecule is CCOc1ccc(C(=O)c2c(C)c(C#N)c(=O)n(Cc3ccc(F)cc3)c2O)cc1. The minimum atomic E-state index is -0.722. The van der Waals surface area contributed by atoms with Gasteiger partial charge < -0.3 is 9.84 Å². The standard InChI is InChI=1S/C23H19FN2O4/c1-3-30-18-10-6-16(7-11-18)21(27)20-14(2)19(12-25)22(28)26(23(20)29)13-15-4-8-17(24)9-5-15/h4-11,29H,3,13H2,1-2H3. The van der Waals surface area contributed by atoms with Crippen LogP contribution in [0.4, 0.5) is 4.39 Å². The molecule has 0 radical (unpaired) electrons. The van der Waals surface area contributed by atoms with Crippen molar-refractivity contribution in [1.82, 2.24) is 4.57 Å². The zero-order valence-corrected chi connectivity index (χ0v) is 16.5. The third kappa shape index (κ3) is 3.94. The van der Waals surface area contributed by atoms with Gasteiger partial charge in [0.15, 0.2) is 5.78 Å². The topological polar surface area (TPSA) is 92.3 Å². The normalized spacial score (nSPS) is 10.5. The van der Waals surface area contributed by atoms with Crippen molar-refractivity contribution < 1.29 is 19.0 Å². The predicted molar refractivity (Wildman–Crippen MR) is 108 cm³/mol. The Morgan fingerprint density at radius 1 is 1.17 bits per heavy atom. The molecule has 0 bridgehead atoms. The summed E-state index contributed by atoms with van der Waals surface area (Å²) in [5.41, 5.74) is -0.176. The maximum Gasteiger partial charge on any atom is 0.271 e. The molecule has 1 N–H and O–H groups in total. The Balaban J connectivity index is 2.12. The molecule has 0 unspecified atom stereocenters. The molecule has 7 heteroatoms. The van der Waals surface area contributed by atoms with Gasteiger partial charge in [0.05, 0.1) is 18.7 Å². The number of ketones is 1. The van der Waals surface area contributed by atoms with E-state index in [2.05, 4.69) is 0 Å². The van der Waals surface area contributed by atoms with Gasteiger partial charge in [-0.05, 0) is 61.4 Å². The highest BCUT2D eigenvalue weighted by molar-refractivity contribution is 6.11. The fraction of sp³-hybridized carbons (Fsp3) is 0.174. The van der Waals surface area contributed by atoms with Gasteiger partial charge in [0.25, 0.3) is 5.56 Å². The molecule has 3 aromatic rings. The van der Waals surface area contributed by atoms with E-state index in [1.807, 2.05) is 13.0 Å². The molecule has 2 aromatic carbocycles. The van der Waals surface area contributed by atoms with Gasteiger partial charge in [-0.3, -0.25) is 14.2 Å². The summed E-state index contributed by atoms with van der Waals surface area (Å²) in [4.78, 5) is 25.8. The lowest BCUT2D eigenvalue weighted by Crippen LogP contribution is -2.27. The van der Waals surface area contributed by atoms with E-state index in [1.54, 1.807) is 24.3 Å². The minimum absolute atomic E-state index is 0.106. The number of carbonyl (C=O) groups excluding carboxylic acids is 1. The molecule has 1 heterocycles. The van der Waals surface area contributed by atoms with Crippen LogP contribution in [0.15, 0.2) is 53.3 Å². The smallest absolute Gasteiger partial charge is 0.271 e. The lowest BCUT2D eigenvalue weighted by atomic mass is 9.97. The molecule has 0 spiro atoms. The van der Waals surface area contributed by atoms with Crippen molar-refractivity contribution in [3.8, 4) is 17.7 Å². The summed E-state index contributed by atoms with van der Waals surface area (Å²) in [6, 6.07) is 13.5. The average molecular weight is 406 g/mol. The fourth-order valence-electron chi connectivity index (χ4n) is 3.16. The van der Waals surface area contributed by atoms with Gasteiger partial charge in [-0.25, -0.2) is 4.39 Å². The van der Waals surface area contributed by atoms with E-state index in [-0.39, 0.29) is 28.8 Å². The Morgan fingerprint density at radius 2 is 1.80 bits per heavy atom. The van der Waals surface area contributed by atoms with Crippen LogP contribution in [0, 0.1) is 24.1 Å². The Labute approximate surface area is 172 Å².